The van der Waals surface area contributed by atoms with Crippen molar-refractivity contribution >= 4 is 45.6 Å². The summed E-state index contributed by atoms with van der Waals surface area (Å²) in [7, 11) is 0. The second-order valence-electron chi connectivity index (χ2n) is 4.47. The molecule has 0 atom stereocenters. The van der Waals surface area contributed by atoms with Gasteiger partial charge in [0.15, 0.2) is 0 Å². The number of tetrazole rings is 1. The van der Waals surface area contributed by atoms with Crippen molar-refractivity contribution in [2.45, 2.75) is 5.16 Å². The molecule has 24 heavy (non-hydrogen) atoms. The standard InChI is InChI=1S/C14H9ClN6OS2/c15-10-2-1-3-11(6-10)21-14(18-19-20-21)24-8-12(22)17-13-9(7-16)4-5-23-13/h1-6H,8H2,(H,17,22). The van der Waals surface area contributed by atoms with Crippen LogP contribution in [0.15, 0.2) is 40.9 Å². The Balaban J connectivity index is 1.67. The number of benzene rings is 1. The van der Waals surface area contributed by atoms with Crippen LogP contribution in [0.25, 0.3) is 5.69 Å². The highest BCUT2D eigenvalue weighted by Gasteiger charge is 2.13. The molecule has 2 heterocycles. The van der Waals surface area contributed by atoms with E-state index in [1.807, 2.05) is 12.1 Å². The van der Waals surface area contributed by atoms with Crippen molar-refractivity contribution in [1.82, 2.24) is 20.2 Å². The smallest absolute Gasteiger partial charge is 0.235 e. The van der Waals surface area contributed by atoms with Crippen LogP contribution >= 0.6 is 34.7 Å². The zero-order valence-electron chi connectivity index (χ0n) is 12.0. The summed E-state index contributed by atoms with van der Waals surface area (Å²) in [5, 5.41) is 26.4. The van der Waals surface area contributed by atoms with Gasteiger partial charge in [-0.25, -0.2) is 0 Å². The lowest BCUT2D eigenvalue weighted by molar-refractivity contribution is -0.113. The maximum atomic E-state index is 12.0. The van der Waals surface area contributed by atoms with E-state index in [2.05, 4.69) is 20.8 Å². The number of carbonyl (C=O) groups is 1. The molecule has 0 unspecified atom stereocenters. The van der Waals surface area contributed by atoms with Gasteiger partial charge in [-0.05, 0) is 40.1 Å². The molecule has 0 spiro atoms. The fourth-order valence-electron chi connectivity index (χ4n) is 1.83. The first-order valence-corrected chi connectivity index (χ1v) is 8.86. The molecule has 3 aromatic rings. The number of anilines is 1. The van der Waals surface area contributed by atoms with E-state index in [9.17, 15) is 4.79 Å². The lowest BCUT2D eigenvalue weighted by atomic mass is 10.3. The number of nitrogens with one attached hydrogen (secondary N) is 1. The Morgan fingerprint density at radius 3 is 3.12 bits per heavy atom. The maximum Gasteiger partial charge on any atom is 0.235 e. The molecule has 0 bridgehead atoms. The van der Waals surface area contributed by atoms with Gasteiger partial charge in [0, 0.05) is 5.02 Å². The van der Waals surface area contributed by atoms with Crippen LogP contribution in [0.4, 0.5) is 5.00 Å². The quantitative estimate of drug-likeness (QED) is 0.687. The predicted molar refractivity (Wildman–Crippen MR) is 92.6 cm³/mol. The third kappa shape index (κ3) is 3.73. The van der Waals surface area contributed by atoms with Crippen LogP contribution < -0.4 is 5.32 Å². The Morgan fingerprint density at radius 2 is 2.33 bits per heavy atom. The molecule has 7 nitrogen and oxygen atoms in total. The molecule has 0 saturated carbocycles. The van der Waals surface area contributed by atoms with Crippen molar-refractivity contribution in [2.24, 2.45) is 0 Å². The van der Waals surface area contributed by atoms with E-state index in [4.69, 9.17) is 16.9 Å². The zero-order valence-corrected chi connectivity index (χ0v) is 14.4. The number of nitriles is 1. The number of halogens is 1. The van der Waals surface area contributed by atoms with Crippen LogP contribution in [-0.4, -0.2) is 31.9 Å². The van der Waals surface area contributed by atoms with Gasteiger partial charge in [0.25, 0.3) is 0 Å². The van der Waals surface area contributed by atoms with Crippen LogP contribution in [0, 0.1) is 11.3 Å². The minimum absolute atomic E-state index is 0.115. The molecular weight excluding hydrogens is 368 g/mol. The molecule has 10 heteroatoms. The molecule has 120 valence electrons. The van der Waals surface area contributed by atoms with Crippen LogP contribution in [0.3, 0.4) is 0 Å². The number of hydrogen-bond donors (Lipinski definition) is 1. The molecule has 1 amide bonds. The van der Waals surface area contributed by atoms with Gasteiger partial charge in [0.05, 0.1) is 17.0 Å². The number of thiophene rings is 1. The van der Waals surface area contributed by atoms with E-state index < -0.39 is 0 Å². The van der Waals surface area contributed by atoms with Crippen LogP contribution in [0.1, 0.15) is 5.56 Å². The zero-order chi connectivity index (χ0) is 16.9. The molecule has 0 saturated heterocycles. The van der Waals surface area contributed by atoms with Gasteiger partial charge in [-0.1, -0.05) is 29.4 Å². The van der Waals surface area contributed by atoms with E-state index in [1.54, 1.807) is 29.6 Å². The Labute approximate surface area is 150 Å². The van der Waals surface area contributed by atoms with Crippen molar-refractivity contribution in [2.75, 3.05) is 11.1 Å². The van der Waals surface area contributed by atoms with Gasteiger partial charge in [-0.3, -0.25) is 4.79 Å². The summed E-state index contributed by atoms with van der Waals surface area (Å²) in [6.07, 6.45) is 0. The summed E-state index contributed by atoms with van der Waals surface area (Å²) < 4.78 is 1.51. The maximum absolute atomic E-state index is 12.0. The highest BCUT2D eigenvalue weighted by Crippen LogP contribution is 2.24. The largest absolute Gasteiger partial charge is 0.316 e. The van der Waals surface area contributed by atoms with Gasteiger partial charge < -0.3 is 5.32 Å². The number of thioether (sulfide) groups is 1. The Hall–Kier alpha value is -2.41. The fraction of sp³-hybridized carbons (Fsp3) is 0.0714. The molecule has 0 aliphatic carbocycles. The lowest BCUT2D eigenvalue weighted by Crippen LogP contribution is -2.14. The van der Waals surface area contributed by atoms with Gasteiger partial charge in [0.2, 0.25) is 11.1 Å². The van der Waals surface area contributed by atoms with Crippen LogP contribution in [0.2, 0.25) is 5.02 Å². The summed E-state index contributed by atoms with van der Waals surface area (Å²) in [6, 6.07) is 10.8. The molecule has 0 aliphatic heterocycles. The normalized spacial score (nSPS) is 10.3. The Bertz CT molecular complexity index is 916. The molecule has 0 aliphatic rings. The molecule has 3 rings (SSSR count). The first-order chi connectivity index (χ1) is 11.7. The van der Waals surface area contributed by atoms with E-state index in [0.29, 0.717) is 26.4 Å². The summed E-state index contributed by atoms with van der Waals surface area (Å²) in [6.45, 7) is 0. The Kier molecular flexibility index (Phi) is 5.10. The van der Waals surface area contributed by atoms with Crippen molar-refractivity contribution < 1.29 is 4.79 Å². The van der Waals surface area contributed by atoms with Crippen LogP contribution in [-0.2, 0) is 4.79 Å². The third-order valence-corrected chi connectivity index (χ3v) is 4.85. The summed E-state index contributed by atoms with van der Waals surface area (Å²) in [5.41, 5.74) is 1.16. The first kappa shape index (κ1) is 16.4. The molecular formula is C14H9ClN6OS2. The summed E-state index contributed by atoms with van der Waals surface area (Å²) in [4.78, 5) is 12.0. The minimum atomic E-state index is -0.236. The SMILES string of the molecule is N#Cc1ccsc1NC(=O)CSc1nnnn1-c1cccc(Cl)c1. The van der Waals surface area contributed by atoms with Gasteiger partial charge in [0.1, 0.15) is 11.1 Å². The molecule has 0 fully saturated rings. The first-order valence-electron chi connectivity index (χ1n) is 6.62. The van der Waals surface area contributed by atoms with E-state index >= 15 is 0 Å². The monoisotopic (exact) mass is 376 g/mol. The minimum Gasteiger partial charge on any atom is -0.316 e. The second-order valence-corrected chi connectivity index (χ2v) is 6.76. The Morgan fingerprint density at radius 1 is 1.46 bits per heavy atom. The second kappa shape index (κ2) is 7.44. The molecule has 2 aromatic heterocycles. The number of nitrogens with zero attached hydrogens (tertiary/aromatic N) is 5. The van der Waals surface area contributed by atoms with Crippen molar-refractivity contribution in [3.63, 3.8) is 0 Å². The van der Waals surface area contributed by atoms with E-state index in [-0.39, 0.29) is 11.7 Å². The highest BCUT2D eigenvalue weighted by molar-refractivity contribution is 7.99. The van der Waals surface area contributed by atoms with E-state index in [0.717, 1.165) is 0 Å². The van der Waals surface area contributed by atoms with Gasteiger partial charge >= 0.3 is 0 Å². The molecule has 1 aromatic carbocycles. The van der Waals surface area contributed by atoms with Crippen molar-refractivity contribution in [3.05, 3.63) is 46.3 Å². The summed E-state index contributed by atoms with van der Waals surface area (Å²) >= 11 is 8.47. The number of carbonyl (C=O) groups excluding carboxylic acids is 1. The number of aromatic nitrogens is 4. The molecule has 0 radical (unpaired) electrons. The lowest BCUT2D eigenvalue weighted by Gasteiger charge is -2.05. The number of hydrogen-bond acceptors (Lipinski definition) is 7. The van der Waals surface area contributed by atoms with Gasteiger partial charge in [-0.2, -0.15) is 9.94 Å². The summed E-state index contributed by atoms with van der Waals surface area (Å²) in [5.74, 6) is -0.122. The van der Waals surface area contributed by atoms with E-state index in [1.165, 1.54) is 27.8 Å². The number of amides is 1. The van der Waals surface area contributed by atoms with Crippen molar-refractivity contribution in [3.8, 4) is 11.8 Å². The highest BCUT2D eigenvalue weighted by atomic mass is 35.5. The number of rotatable bonds is 5. The average Bonchev–Trinajstić information content (AvgIpc) is 3.21. The topological polar surface area (TPSA) is 96.5 Å². The third-order valence-electron chi connectivity index (χ3n) is 2.86. The predicted octanol–water partition coefficient (Wildman–Crippen LogP) is 2.98. The van der Waals surface area contributed by atoms with Gasteiger partial charge in [-0.15, -0.1) is 16.4 Å². The van der Waals surface area contributed by atoms with Crippen LogP contribution in [0.5, 0.6) is 0 Å². The van der Waals surface area contributed by atoms with Crippen molar-refractivity contribution in [1.29, 1.82) is 5.26 Å². The fourth-order valence-corrected chi connectivity index (χ4v) is 3.45. The average molecular weight is 377 g/mol. The molecule has 1 N–H and O–H groups in total.